The van der Waals surface area contributed by atoms with Crippen molar-refractivity contribution in [3.05, 3.63) is 48.1 Å². The Kier molecular flexibility index (Phi) is 4.85. The number of hydrogen-bond donors (Lipinski definition) is 0. The van der Waals surface area contributed by atoms with E-state index in [2.05, 4.69) is 9.97 Å². The fourth-order valence-electron chi connectivity index (χ4n) is 2.17. The molecule has 3 aromatic rings. The molecule has 6 nitrogen and oxygen atoms in total. The molecule has 7 heteroatoms. The van der Waals surface area contributed by atoms with E-state index < -0.39 is 11.9 Å². The third-order valence-electron chi connectivity index (χ3n) is 3.16. The highest BCUT2D eigenvalue weighted by Gasteiger charge is 2.14. The van der Waals surface area contributed by atoms with E-state index in [1.807, 2.05) is 17.5 Å². The molecule has 0 atom stereocenters. The van der Waals surface area contributed by atoms with Crippen molar-refractivity contribution in [1.82, 2.24) is 9.97 Å². The minimum absolute atomic E-state index is 0.177. The zero-order valence-electron chi connectivity index (χ0n) is 13.6. The molecule has 0 aliphatic carbocycles. The van der Waals surface area contributed by atoms with Crippen LogP contribution in [-0.2, 0) is 9.59 Å². The van der Waals surface area contributed by atoms with Crippen molar-refractivity contribution < 1.29 is 19.1 Å². The van der Waals surface area contributed by atoms with Crippen molar-refractivity contribution in [3.8, 4) is 33.3 Å². The van der Waals surface area contributed by atoms with E-state index in [0.717, 1.165) is 21.8 Å². The molecular weight excluding hydrogens is 340 g/mol. The van der Waals surface area contributed by atoms with Gasteiger partial charge in [-0.15, -0.1) is 11.3 Å². The molecule has 0 unspecified atom stereocenters. The van der Waals surface area contributed by atoms with Gasteiger partial charge in [-0.05, 0) is 30.3 Å². The number of aromatic nitrogens is 2. The maximum absolute atomic E-state index is 11.3. The molecular formula is C18H14N2O4S. The smallest absolute Gasteiger partial charge is 0.308 e. The standard InChI is InChI=1S/C18H14N2O4S/c1-11(21)23-16-6-5-13(8-17(16)24-12(2)22)15-10-25-18(20-15)14-4-3-7-19-9-14/h3-10H,1-2H3. The molecule has 0 saturated carbocycles. The van der Waals surface area contributed by atoms with Crippen LogP contribution in [0.2, 0.25) is 0 Å². The van der Waals surface area contributed by atoms with Gasteiger partial charge in [0.25, 0.3) is 0 Å². The number of thiazole rings is 1. The van der Waals surface area contributed by atoms with E-state index in [0.29, 0.717) is 0 Å². The van der Waals surface area contributed by atoms with Crippen LogP contribution in [0.5, 0.6) is 11.5 Å². The maximum Gasteiger partial charge on any atom is 0.308 e. The van der Waals surface area contributed by atoms with Crippen LogP contribution in [-0.4, -0.2) is 21.9 Å². The van der Waals surface area contributed by atoms with Gasteiger partial charge in [0.2, 0.25) is 0 Å². The van der Waals surface area contributed by atoms with E-state index in [9.17, 15) is 9.59 Å². The van der Waals surface area contributed by atoms with Crippen LogP contribution in [0, 0.1) is 0 Å². The molecule has 126 valence electrons. The average molecular weight is 354 g/mol. The molecule has 25 heavy (non-hydrogen) atoms. The average Bonchev–Trinajstić information content (AvgIpc) is 3.06. The molecule has 0 aliphatic rings. The Labute approximate surface area is 148 Å². The quantitative estimate of drug-likeness (QED) is 0.525. The van der Waals surface area contributed by atoms with Gasteiger partial charge in [0.15, 0.2) is 11.5 Å². The summed E-state index contributed by atoms with van der Waals surface area (Å²) >= 11 is 1.49. The van der Waals surface area contributed by atoms with Crippen molar-refractivity contribution >= 4 is 23.3 Å². The Morgan fingerprint density at radius 3 is 2.44 bits per heavy atom. The summed E-state index contributed by atoms with van der Waals surface area (Å²) in [5, 5.41) is 2.74. The molecule has 0 bridgehead atoms. The number of hydrogen-bond acceptors (Lipinski definition) is 7. The van der Waals surface area contributed by atoms with E-state index in [1.165, 1.54) is 25.2 Å². The zero-order chi connectivity index (χ0) is 17.8. The lowest BCUT2D eigenvalue weighted by Gasteiger charge is -2.09. The SMILES string of the molecule is CC(=O)Oc1ccc(-c2csc(-c3cccnc3)n2)cc1OC(C)=O. The monoisotopic (exact) mass is 354 g/mol. The van der Waals surface area contributed by atoms with Gasteiger partial charge in [0.1, 0.15) is 5.01 Å². The van der Waals surface area contributed by atoms with Crippen molar-refractivity contribution in [2.45, 2.75) is 13.8 Å². The van der Waals surface area contributed by atoms with Crippen LogP contribution in [0.3, 0.4) is 0 Å². The number of ether oxygens (including phenoxy) is 2. The van der Waals surface area contributed by atoms with E-state index in [1.54, 1.807) is 30.6 Å². The van der Waals surface area contributed by atoms with Crippen LogP contribution in [0.4, 0.5) is 0 Å². The van der Waals surface area contributed by atoms with Gasteiger partial charge < -0.3 is 9.47 Å². The largest absolute Gasteiger partial charge is 0.423 e. The number of esters is 2. The first kappa shape index (κ1) is 16.8. The number of pyridine rings is 1. The molecule has 0 amide bonds. The Hall–Kier alpha value is -3.06. The van der Waals surface area contributed by atoms with Crippen LogP contribution >= 0.6 is 11.3 Å². The molecule has 2 heterocycles. The highest BCUT2D eigenvalue weighted by molar-refractivity contribution is 7.13. The first-order valence-corrected chi connectivity index (χ1v) is 8.28. The summed E-state index contributed by atoms with van der Waals surface area (Å²) in [6.07, 6.45) is 3.45. The third-order valence-corrected chi connectivity index (χ3v) is 4.05. The molecule has 0 radical (unpaired) electrons. The van der Waals surface area contributed by atoms with Gasteiger partial charge in [-0.3, -0.25) is 14.6 Å². The molecule has 0 aliphatic heterocycles. The molecule has 0 N–H and O–H groups in total. The number of rotatable bonds is 4. The van der Waals surface area contributed by atoms with Crippen molar-refractivity contribution in [1.29, 1.82) is 0 Å². The zero-order valence-corrected chi connectivity index (χ0v) is 14.4. The summed E-state index contributed by atoms with van der Waals surface area (Å²) in [4.78, 5) is 31.2. The predicted octanol–water partition coefficient (Wildman–Crippen LogP) is 3.72. The van der Waals surface area contributed by atoms with Crippen molar-refractivity contribution in [3.63, 3.8) is 0 Å². The summed E-state index contributed by atoms with van der Waals surface area (Å²) < 4.78 is 10.2. The van der Waals surface area contributed by atoms with Crippen LogP contribution < -0.4 is 9.47 Å². The van der Waals surface area contributed by atoms with Gasteiger partial charge in [0.05, 0.1) is 5.69 Å². The summed E-state index contributed by atoms with van der Waals surface area (Å²) in [5.41, 5.74) is 2.40. The first-order chi connectivity index (χ1) is 12.0. The Bertz CT molecular complexity index is 922. The second kappa shape index (κ2) is 7.23. The molecule has 0 saturated heterocycles. The topological polar surface area (TPSA) is 78.4 Å². The maximum atomic E-state index is 11.3. The van der Waals surface area contributed by atoms with Gasteiger partial charge in [-0.1, -0.05) is 0 Å². The molecule has 3 rings (SSSR count). The summed E-state index contributed by atoms with van der Waals surface area (Å²) in [6, 6.07) is 8.75. The predicted molar refractivity (Wildman–Crippen MR) is 93.4 cm³/mol. The number of benzene rings is 1. The number of carbonyl (C=O) groups excluding carboxylic acids is 2. The lowest BCUT2D eigenvalue weighted by Crippen LogP contribution is -2.07. The molecule has 1 aromatic carbocycles. The summed E-state index contributed by atoms with van der Waals surface area (Å²) in [6.45, 7) is 2.57. The minimum atomic E-state index is -0.500. The molecule has 2 aromatic heterocycles. The Morgan fingerprint density at radius 1 is 1.00 bits per heavy atom. The van der Waals surface area contributed by atoms with E-state index in [4.69, 9.17) is 9.47 Å². The van der Waals surface area contributed by atoms with Crippen molar-refractivity contribution in [2.75, 3.05) is 0 Å². The Morgan fingerprint density at radius 2 is 1.76 bits per heavy atom. The van der Waals surface area contributed by atoms with E-state index >= 15 is 0 Å². The fraction of sp³-hybridized carbons (Fsp3) is 0.111. The first-order valence-electron chi connectivity index (χ1n) is 7.40. The highest BCUT2D eigenvalue weighted by Crippen LogP contribution is 2.35. The second-order valence-corrected chi connectivity index (χ2v) is 5.99. The van der Waals surface area contributed by atoms with Crippen LogP contribution in [0.25, 0.3) is 21.8 Å². The molecule has 0 fully saturated rings. The number of carbonyl (C=O) groups is 2. The van der Waals surface area contributed by atoms with Crippen LogP contribution in [0.15, 0.2) is 48.1 Å². The summed E-state index contributed by atoms with van der Waals surface area (Å²) in [7, 11) is 0. The van der Waals surface area contributed by atoms with Gasteiger partial charge in [-0.2, -0.15) is 0 Å². The number of nitrogens with zero attached hydrogens (tertiary/aromatic N) is 2. The van der Waals surface area contributed by atoms with Gasteiger partial charge in [-0.25, -0.2) is 4.98 Å². The lowest BCUT2D eigenvalue weighted by atomic mass is 10.1. The highest BCUT2D eigenvalue weighted by atomic mass is 32.1. The normalized spacial score (nSPS) is 10.3. The minimum Gasteiger partial charge on any atom is -0.423 e. The Balaban J connectivity index is 1.96. The second-order valence-electron chi connectivity index (χ2n) is 5.13. The van der Waals surface area contributed by atoms with E-state index in [-0.39, 0.29) is 11.5 Å². The fourth-order valence-corrected chi connectivity index (χ4v) is 2.99. The van der Waals surface area contributed by atoms with Gasteiger partial charge >= 0.3 is 11.9 Å². The van der Waals surface area contributed by atoms with Gasteiger partial charge in [0, 0.05) is 42.7 Å². The lowest BCUT2D eigenvalue weighted by molar-refractivity contribution is -0.134. The third kappa shape index (κ3) is 4.07. The van der Waals surface area contributed by atoms with Crippen LogP contribution in [0.1, 0.15) is 13.8 Å². The molecule has 0 spiro atoms. The van der Waals surface area contributed by atoms with Crippen molar-refractivity contribution in [2.24, 2.45) is 0 Å². The summed E-state index contributed by atoms with van der Waals surface area (Å²) in [5.74, 6) is -0.626.